The van der Waals surface area contributed by atoms with Crippen molar-refractivity contribution in [2.45, 2.75) is 32.2 Å². The Morgan fingerprint density at radius 1 is 0.846 bits per heavy atom. The minimum absolute atomic E-state index is 0.420. The van der Waals surface area contributed by atoms with Crippen LogP contribution in [0.2, 0.25) is 5.02 Å². The molecule has 0 bridgehead atoms. The number of hydrogen-bond acceptors (Lipinski definition) is 2. The highest BCUT2D eigenvalue weighted by atomic mass is 35.5. The molecule has 1 unspecified atom stereocenters. The van der Waals surface area contributed by atoms with Gasteiger partial charge >= 0.3 is 0 Å². The number of ether oxygens (including phenoxy) is 1. The Morgan fingerprint density at radius 2 is 1.50 bits per heavy atom. The molecule has 3 aromatic rings. The fraction of sp³-hybridized carbons (Fsp3) is 0.217. The van der Waals surface area contributed by atoms with Crippen LogP contribution in [0.1, 0.15) is 25.3 Å². The molecule has 0 saturated heterocycles. The van der Waals surface area contributed by atoms with Crippen LogP contribution in [0.4, 0.5) is 5.69 Å². The summed E-state index contributed by atoms with van der Waals surface area (Å²) in [6.07, 6.45) is 3.34. The lowest BCUT2D eigenvalue weighted by atomic mass is 10.1. The summed E-state index contributed by atoms with van der Waals surface area (Å²) in [6.45, 7) is 2.22. The van der Waals surface area contributed by atoms with Crippen molar-refractivity contribution < 1.29 is 4.74 Å². The first-order valence-electron chi connectivity index (χ1n) is 9.03. The first-order chi connectivity index (χ1) is 12.7. The summed E-state index contributed by atoms with van der Waals surface area (Å²) in [6, 6.07) is 26.5. The summed E-state index contributed by atoms with van der Waals surface area (Å²) in [4.78, 5) is 0. The maximum absolute atomic E-state index is 5.92. The Bertz CT molecular complexity index is 785. The van der Waals surface area contributed by atoms with Gasteiger partial charge in [0.05, 0.1) is 0 Å². The van der Waals surface area contributed by atoms with Crippen molar-refractivity contribution in [1.82, 2.24) is 0 Å². The van der Waals surface area contributed by atoms with E-state index in [2.05, 4.69) is 36.5 Å². The molecule has 1 atom stereocenters. The maximum Gasteiger partial charge on any atom is 0.127 e. The van der Waals surface area contributed by atoms with E-state index in [1.807, 2.05) is 54.6 Å². The zero-order valence-corrected chi connectivity index (χ0v) is 15.7. The number of para-hydroxylation sites is 1. The summed E-state index contributed by atoms with van der Waals surface area (Å²) >= 11 is 5.92. The van der Waals surface area contributed by atoms with E-state index in [9.17, 15) is 0 Å². The second-order valence-electron chi connectivity index (χ2n) is 6.50. The van der Waals surface area contributed by atoms with Gasteiger partial charge in [0.1, 0.15) is 11.5 Å². The average Bonchev–Trinajstić information content (AvgIpc) is 2.66. The van der Waals surface area contributed by atoms with Gasteiger partial charge in [-0.1, -0.05) is 41.9 Å². The van der Waals surface area contributed by atoms with Crippen LogP contribution < -0.4 is 10.1 Å². The molecule has 26 heavy (non-hydrogen) atoms. The van der Waals surface area contributed by atoms with Crippen molar-refractivity contribution in [2.24, 2.45) is 0 Å². The fourth-order valence-electron chi connectivity index (χ4n) is 2.86. The molecule has 3 heteroatoms. The average molecular weight is 366 g/mol. The summed E-state index contributed by atoms with van der Waals surface area (Å²) in [7, 11) is 0. The smallest absolute Gasteiger partial charge is 0.127 e. The van der Waals surface area contributed by atoms with E-state index in [-0.39, 0.29) is 0 Å². The predicted octanol–water partition coefficient (Wildman–Crippen LogP) is 6.96. The Morgan fingerprint density at radius 3 is 2.19 bits per heavy atom. The first kappa shape index (κ1) is 18.3. The molecule has 0 aromatic heterocycles. The lowest BCUT2D eigenvalue weighted by Gasteiger charge is -2.15. The van der Waals surface area contributed by atoms with Crippen molar-refractivity contribution in [2.75, 3.05) is 5.32 Å². The third-order valence-electron chi connectivity index (χ3n) is 4.26. The molecule has 1 N–H and O–H groups in total. The summed E-state index contributed by atoms with van der Waals surface area (Å²) in [5.41, 5.74) is 2.45. The molecule has 2 nitrogen and oxygen atoms in total. The van der Waals surface area contributed by atoms with Crippen LogP contribution in [-0.2, 0) is 6.42 Å². The molecule has 0 radical (unpaired) electrons. The van der Waals surface area contributed by atoms with E-state index in [0.717, 1.165) is 41.5 Å². The van der Waals surface area contributed by atoms with Crippen molar-refractivity contribution in [3.05, 3.63) is 89.4 Å². The van der Waals surface area contributed by atoms with Crippen LogP contribution in [0.25, 0.3) is 0 Å². The van der Waals surface area contributed by atoms with E-state index in [4.69, 9.17) is 16.3 Å². The van der Waals surface area contributed by atoms with Crippen LogP contribution in [0.3, 0.4) is 0 Å². The van der Waals surface area contributed by atoms with Gasteiger partial charge < -0.3 is 10.1 Å². The standard InChI is InChI=1S/C23H24ClNO/c1-18(6-5-7-19-10-12-20(24)13-11-19)25-21-14-16-23(17-15-21)26-22-8-3-2-4-9-22/h2-4,8-18,25H,5-7H2,1H3. The zero-order valence-electron chi connectivity index (χ0n) is 15.0. The van der Waals surface area contributed by atoms with Crippen molar-refractivity contribution >= 4 is 17.3 Å². The maximum atomic E-state index is 5.92. The quantitative estimate of drug-likeness (QED) is 0.466. The molecular formula is C23H24ClNO. The lowest BCUT2D eigenvalue weighted by molar-refractivity contribution is 0.483. The number of anilines is 1. The molecule has 0 aliphatic rings. The van der Waals surface area contributed by atoms with E-state index in [1.165, 1.54) is 5.56 Å². The minimum Gasteiger partial charge on any atom is -0.457 e. The van der Waals surface area contributed by atoms with Gasteiger partial charge in [0.2, 0.25) is 0 Å². The van der Waals surface area contributed by atoms with Crippen LogP contribution in [-0.4, -0.2) is 6.04 Å². The predicted molar refractivity (Wildman–Crippen MR) is 110 cm³/mol. The monoisotopic (exact) mass is 365 g/mol. The first-order valence-corrected chi connectivity index (χ1v) is 9.41. The summed E-state index contributed by atoms with van der Waals surface area (Å²) in [5, 5.41) is 4.35. The van der Waals surface area contributed by atoms with Crippen LogP contribution in [0, 0.1) is 0 Å². The summed E-state index contributed by atoms with van der Waals surface area (Å²) < 4.78 is 5.82. The topological polar surface area (TPSA) is 21.3 Å². The zero-order chi connectivity index (χ0) is 18.2. The van der Waals surface area contributed by atoms with Gasteiger partial charge in [-0.25, -0.2) is 0 Å². The highest BCUT2D eigenvalue weighted by molar-refractivity contribution is 6.30. The molecular weight excluding hydrogens is 342 g/mol. The molecule has 3 aromatic carbocycles. The molecule has 0 fully saturated rings. The van der Waals surface area contributed by atoms with Gasteiger partial charge in [0.25, 0.3) is 0 Å². The second-order valence-corrected chi connectivity index (χ2v) is 6.94. The van der Waals surface area contributed by atoms with E-state index in [0.29, 0.717) is 6.04 Å². The van der Waals surface area contributed by atoms with Crippen LogP contribution >= 0.6 is 11.6 Å². The third kappa shape index (κ3) is 5.82. The molecule has 134 valence electrons. The summed E-state index contributed by atoms with van der Waals surface area (Å²) in [5.74, 6) is 1.70. The Kier molecular flexibility index (Phi) is 6.56. The molecule has 0 spiro atoms. The highest BCUT2D eigenvalue weighted by Gasteiger charge is 2.04. The van der Waals surface area contributed by atoms with E-state index in [1.54, 1.807) is 0 Å². The molecule has 0 aliphatic carbocycles. The van der Waals surface area contributed by atoms with Gasteiger partial charge in [0.15, 0.2) is 0 Å². The Balaban J connectivity index is 1.43. The van der Waals surface area contributed by atoms with E-state index < -0.39 is 0 Å². The highest BCUT2D eigenvalue weighted by Crippen LogP contribution is 2.23. The number of benzene rings is 3. The normalized spacial score (nSPS) is 11.8. The third-order valence-corrected chi connectivity index (χ3v) is 4.51. The number of hydrogen-bond donors (Lipinski definition) is 1. The van der Waals surface area contributed by atoms with Gasteiger partial charge in [-0.15, -0.1) is 0 Å². The van der Waals surface area contributed by atoms with Crippen LogP contribution in [0.15, 0.2) is 78.9 Å². The molecule has 0 heterocycles. The van der Waals surface area contributed by atoms with Gasteiger partial charge in [-0.3, -0.25) is 0 Å². The number of rotatable bonds is 8. The second kappa shape index (κ2) is 9.30. The largest absolute Gasteiger partial charge is 0.457 e. The SMILES string of the molecule is CC(CCCc1ccc(Cl)cc1)Nc1ccc(Oc2ccccc2)cc1. The Labute approximate surface area is 160 Å². The van der Waals surface area contributed by atoms with Crippen molar-refractivity contribution in [3.63, 3.8) is 0 Å². The minimum atomic E-state index is 0.420. The Hall–Kier alpha value is -2.45. The van der Waals surface area contributed by atoms with E-state index >= 15 is 0 Å². The molecule has 0 amide bonds. The molecule has 0 aliphatic heterocycles. The van der Waals surface area contributed by atoms with Gasteiger partial charge in [0, 0.05) is 16.8 Å². The lowest BCUT2D eigenvalue weighted by Crippen LogP contribution is -2.15. The number of nitrogens with one attached hydrogen (secondary N) is 1. The number of halogens is 1. The number of aryl methyl sites for hydroxylation is 1. The fourth-order valence-corrected chi connectivity index (χ4v) is 2.99. The van der Waals surface area contributed by atoms with Gasteiger partial charge in [-0.05, 0) is 80.3 Å². The van der Waals surface area contributed by atoms with Crippen molar-refractivity contribution in [1.29, 1.82) is 0 Å². The van der Waals surface area contributed by atoms with Crippen LogP contribution in [0.5, 0.6) is 11.5 Å². The molecule has 0 saturated carbocycles. The van der Waals surface area contributed by atoms with Crippen molar-refractivity contribution in [3.8, 4) is 11.5 Å². The molecule has 3 rings (SSSR count). The van der Waals surface area contributed by atoms with Gasteiger partial charge in [-0.2, -0.15) is 0 Å².